The highest BCUT2D eigenvalue weighted by Crippen LogP contribution is 2.11. The Morgan fingerprint density at radius 2 is 2.26 bits per heavy atom. The van der Waals surface area contributed by atoms with Crippen molar-refractivity contribution in [2.75, 3.05) is 12.4 Å². The van der Waals surface area contributed by atoms with E-state index in [0.717, 1.165) is 5.56 Å². The van der Waals surface area contributed by atoms with Crippen LogP contribution in [0.5, 0.6) is 5.88 Å². The fraction of sp³-hybridized carbons (Fsp3) is 0.154. The number of nitrogens with one attached hydrogen (secondary N) is 1. The molecule has 19 heavy (non-hydrogen) atoms. The van der Waals surface area contributed by atoms with Gasteiger partial charge in [0, 0.05) is 6.54 Å². The zero-order valence-electron chi connectivity index (χ0n) is 10.3. The van der Waals surface area contributed by atoms with Crippen molar-refractivity contribution >= 4 is 11.8 Å². The average Bonchev–Trinajstić information content (AvgIpc) is 2.45. The minimum absolute atomic E-state index is 0.260. The summed E-state index contributed by atoms with van der Waals surface area (Å²) in [5.74, 6) is 0.0485. The summed E-state index contributed by atoms with van der Waals surface area (Å²) in [6, 6.07) is 6.71. The summed E-state index contributed by atoms with van der Waals surface area (Å²) in [6.07, 6.45) is 3.08. The fourth-order valence-corrected chi connectivity index (χ4v) is 1.54. The van der Waals surface area contributed by atoms with Gasteiger partial charge in [-0.15, -0.1) is 0 Å². The highest BCUT2D eigenvalue weighted by molar-refractivity contribution is 5.87. The monoisotopic (exact) mass is 259 g/mol. The van der Waals surface area contributed by atoms with Crippen LogP contribution in [0.15, 0.2) is 36.7 Å². The molecule has 0 spiro atoms. The topological polar surface area (TPSA) is 84.3 Å². The molecule has 1 aromatic carbocycles. The number of rotatable bonds is 5. The van der Waals surface area contributed by atoms with E-state index in [1.165, 1.54) is 13.3 Å². The maximum atomic E-state index is 10.9. The molecule has 2 N–H and O–H groups in total. The molecule has 0 aliphatic carbocycles. The molecule has 0 saturated heterocycles. The fourth-order valence-electron chi connectivity index (χ4n) is 1.54. The summed E-state index contributed by atoms with van der Waals surface area (Å²) in [6.45, 7) is 0.461. The third-order valence-corrected chi connectivity index (χ3v) is 2.47. The summed E-state index contributed by atoms with van der Waals surface area (Å²) in [4.78, 5) is 19.0. The predicted octanol–water partition coefficient (Wildman–Crippen LogP) is 1.80. The SMILES string of the molecule is COc1cncc(NCc2cccc(C(=O)O)c2)n1. The van der Waals surface area contributed by atoms with Crippen LogP contribution in [0, 0.1) is 0 Å². The number of aromatic carboxylic acids is 1. The molecule has 0 bridgehead atoms. The second-order valence-corrected chi connectivity index (χ2v) is 3.81. The molecule has 0 aliphatic rings. The van der Waals surface area contributed by atoms with Crippen LogP contribution in [0.2, 0.25) is 0 Å². The van der Waals surface area contributed by atoms with Gasteiger partial charge in [-0.1, -0.05) is 12.1 Å². The maximum Gasteiger partial charge on any atom is 0.335 e. The molecule has 0 fully saturated rings. The van der Waals surface area contributed by atoms with Gasteiger partial charge >= 0.3 is 5.97 Å². The highest BCUT2D eigenvalue weighted by Gasteiger charge is 2.03. The lowest BCUT2D eigenvalue weighted by molar-refractivity contribution is 0.0697. The number of aromatic nitrogens is 2. The Labute approximate surface area is 110 Å². The molecule has 2 aromatic rings. The van der Waals surface area contributed by atoms with Crippen LogP contribution < -0.4 is 10.1 Å². The molecule has 98 valence electrons. The van der Waals surface area contributed by atoms with Crippen molar-refractivity contribution in [3.8, 4) is 5.88 Å². The van der Waals surface area contributed by atoms with Gasteiger partial charge in [-0.2, -0.15) is 4.98 Å². The third kappa shape index (κ3) is 3.41. The average molecular weight is 259 g/mol. The van der Waals surface area contributed by atoms with Crippen molar-refractivity contribution in [3.05, 3.63) is 47.8 Å². The van der Waals surface area contributed by atoms with Gasteiger partial charge in [-0.05, 0) is 17.7 Å². The van der Waals surface area contributed by atoms with E-state index >= 15 is 0 Å². The van der Waals surface area contributed by atoms with E-state index in [9.17, 15) is 4.79 Å². The molecule has 1 heterocycles. The van der Waals surface area contributed by atoms with Crippen molar-refractivity contribution in [1.29, 1.82) is 0 Å². The van der Waals surface area contributed by atoms with Gasteiger partial charge in [0.05, 0.1) is 25.1 Å². The zero-order valence-corrected chi connectivity index (χ0v) is 10.3. The minimum atomic E-state index is -0.942. The lowest BCUT2D eigenvalue weighted by Gasteiger charge is -2.07. The van der Waals surface area contributed by atoms with E-state index in [0.29, 0.717) is 18.2 Å². The number of hydrogen-bond acceptors (Lipinski definition) is 5. The number of nitrogens with zero attached hydrogens (tertiary/aromatic N) is 2. The van der Waals surface area contributed by atoms with Gasteiger partial charge in [-0.25, -0.2) is 4.79 Å². The zero-order chi connectivity index (χ0) is 13.7. The standard InChI is InChI=1S/C13H13N3O3/c1-19-12-8-14-7-11(16-12)15-6-9-3-2-4-10(5-9)13(17)18/h2-5,7-8H,6H2,1H3,(H,15,16)(H,17,18). The van der Waals surface area contributed by atoms with Crippen molar-refractivity contribution in [3.63, 3.8) is 0 Å². The number of carboxylic acid groups (broad SMARTS) is 1. The predicted molar refractivity (Wildman–Crippen MR) is 69.3 cm³/mol. The first-order chi connectivity index (χ1) is 9.19. The molecule has 0 atom stereocenters. The number of ether oxygens (including phenoxy) is 1. The van der Waals surface area contributed by atoms with Gasteiger partial charge in [0.15, 0.2) is 0 Å². The number of hydrogen-bond donors (Lipinski definition) is 2. The number of carboxylic acids is 1. The Morgan fingerprint density at radius 1 is 1.42 bits per heavy atom. The van der Waals surface area contributed by atoms with Crippen LogP contribution in [0.4, 0.5) is 5.82 Å². The summed E-state index contributed by atoms with van der Waals surface area (Å²) in [7, 11) is 1.52. The molecule has 6 nitrogen and oxygen atoms in total. The molecule has 2 rings (SSSR count). The number of benzene rings is 1. The van der Waals surface area contributed by atoms with Gasteiger partial charge < -0.3 is 15.2 Å². The molecule has 0 unspecified atom stereocenters. The summed E-state index contributed by atoms with van der Waals surface area (Å²) in [5.41, 5.74) is 1.11. The van der Waals surface area contributed by atoms with E-state index in [4.69, 9.17) is 9.84 Å². The Kier molecular flexibility index (Phi) is 3.92. The van der Waals surface area contributed by atoms with E-state index in [1.54, 1.807) is 24.4 Å². The van der Waals surface area contributed by atoms with E-state index in [-0.39, 0.29) is 5.56 Å². The Hall–Kier alpha value is -2.63. The number of methoxy groups -OCH3 is 1. The summed E-state index contributed by atoms with van der Waals surface area (Å²) in [5, 5.41) is 12.0. The van der Waals surface area contributed by atoms with E-state index in [1.807, 2.05) is 6.07 Å². The van der Waals surface area contributed by atoms with Gasteiger partial charge in [0.1, 0.15) is 5.82 Å². The molecule has 0 radical (unpaired) electrons. The Bertz CT molecular complexity index is 587. The largest absolute Gasteiger partial charge is 0.480 e. The maximum absolute atomic E-state index is 10.9. The second kappa shape index (κ2) is 5.81. The quantitative estimate of drug-likeness (QED) is 0.851. The normalized spacial score (nSPS) is 9.95. The molecular formula is C13H13N3O3. The number of anilines is 1. The van der Waals surface area contributed by atoms with E-state index in [2.05, 4.69) is 15.3 Å². The first-order valence-electron chi connectivity index (χ1n) is 5.61. The van der Waals surface area contributed by atoms with Crippen molar-refractivity contribution in [2.24, 2.45) is 0 Å². The van der Waals surface area contributed by atoms with Gasteiger partial charge in [-0.3, -0.25) is 4.98 Å². The van der Waals surface area contributed by atoms with Crippen molar-refractivity contribution < 1.29 is 14.6 Å². The third-order valence-electron chi connectivity index (χ3n) is 2.47. The van der Waals surface area contributed by atoms with Crippen molar-refractivity contribution in [2.45, 2.75) is 6.54 Å². The molecule has 6 heteroatoms. The first-order valence-corrected chi connectivity index (χ1v) is 5.61. The van der Waals surface area contributed by atoms with Crippen LogP contribution in [-0.2, 0) is 6.54 Å². The van der Waals surface area contributed by atoms with Gasteiger partial charge in [0.25, 0.3) is 0 Å². The molecule has 1 aromatic heterocycles. The lowest BCUT2D eigenvalue weighted by atomic mass is 10.1. The van der Waals surface area contributed by atoms with Gasteiger partial charge in [0.2, 0.25) is 5.88 Å². The smallest absolute Gasteiger partial charge is 0.335 e. The van der Waals surface area contributed by atoms with Crippen LogP contribution in [0.1, 0.15) is 15.9 Å². The first kappa shape index (κ1) is 12.8. The summed E-state index contributed by atoms with van der Waals surface area (Å²) < 4.78 is 4.97. The lowest BCUT2D eigenvalue weighted by Crippen LogP contribution is -2.04. The Morgan fingerprint density at radius 3 is 3.00 bits per heavy atom. The minimum Gasteiger partial charge on any atom is -0.480 e. The molecule has 0 aliphatic heterocycles. The van der Waals surface area contributed by atoms with Crippen LogP contribution in [0.25, 0.3) is 0 Å². The highest BCUT2D eigenvalue weighted by atomic mass is 16.5. The second-order valence-electron chi connectivity index (χ2n) is 3.81. The van der Waals surface area contributed by atoms with Crippen molar-refractivity contribution in [1.82, 2.24) is 9.97 Å². The number of carbonyl (C=O) groups is 1. The Balaban J connectivity index is 2.05. The van der Waals surface area contributed by atoms with Crippen LogP contribution in [-0.4, -0.2) is 28.2 Å². The van der Waals surface area contributed by atoms with Crippen LogP contribution in [0.3, 0.4) is 0 Å². The molecule has 0 saturated carbocycles. The summed E-state index contributed by atoms with van der Waals surface area (Å²) >= 11 is 0. The molecular weight excluding hydrogens is 246 g/mol. The molecule has 0 amide bonds. The van der Waals surface area contributed by atoms with E-state index < -0.39 is 5.97 Å². The van der Waals surface area contributed by atoms with Crippen LogP contribution >= 0.6 is 0 Å².